The van der Waals surface area contributed by atoms with Crippen molar-refractivity contribution in [3.05, 3.63) is 27.3 Å². The Balaban J connectivity index is 2.98. The van der Waals surface area contributed by atoms with Crippen LogP contribution >= 0.6 is 22.6 Å². The third-order valence-electron chi connectivity index (χ3n) is 2.40. The van der Waals surface area contributed by atoms with Crippen LogP contribution in [0.25, 0.3) is 0 Å². The van der Waals surface area contributed by atoms with Crippen LogP contribution in [0.3, 0.4) is 0 Å². The number of amides is 1. The van der Waals surface area contributed by atoms with Crippen LogP contribution in [-0.2, 0) is 4.79 Å². The number of hydrogen-bond donors (Lipinski definition) is 1. The molecule has 0 fully saturated rings. The van der Waals surface area contributed by atoms with Crippen molar-refractivity contribution in [2.45, 2.75) is 6.92 Å². The van der Waals surface area contributed by atoms with E-state index in [-0.39, 0.29) is 12.5 Å². The van der Waals surface area contributed by atoms with Crippen molar-refractivity contribution in [2.24, 2.45) is 0 Å². The molecule has 1 aromatic rings. The molecule has 0 aliphatic heterocycles. The number of carbonyl (C=O) groups is 2. The molecule has 0 spiro atoms. The quantitative estimate of drug-likeness (QED) is 0.811. The molecule has 5 nitrogen and oxygen atoms in total. The fraction of sp³-hybridized carbons (Fsp3) is 0.333. The standard InChI is InChI=1S/C12H14INO4/c1-3-14(7-11(15)16)12(17)9-5-4-8(18-2)6-10(9)13/h4-6H,3,7H2,1-2H3,(H,15,16). The predicted molar refractivity (Wildman–Crippen MR) is 74.9 cm³/mol. The van der Waals surface area contributed by atoms with Gasteiger partial charge in [0.1, 0.15) is 12.3 Å². The van der Waals surface area contributed by atoms with Crippen molar-refractivity contribution in [2.75, 3.05) is 20.2 Å². The first-order chi connectivity index (χ1) is 8.49. The molecule has 0 bridgehead atoms. The van der Waals surface area contributed by atoms with E-state index in [1.165, 1.54) is 4.90 Å². The Morgan fingerprint density at radius 1 is 1.44 bits per heavy atom. The van der Waals surface area contributed by atoms with E-state index in [0.29, 0.717) is 17.9 Å². The number of carbonyl (C=O) groups excluding carboxylic acids is 1. The molecule has 0 saturated heterocycles. The molecule has 0 atom stereocenters. The van der Waals surface area contributed by atoms with Gasteiger partial charge in [-0.1, -0.05) is 0 Å². The predicted octanol–water partition coefficient (Wildman–Crippen LogP) is 1.85. The van der Waals surface area contributed by atoms with Crippen LogP contribution in [-0.4, -0.2) is 42.1 Å². The zero-order valence-corrected chi connectivity index (χ0v) is 12.3. The molecule has 6 heteroatoms. The lowest BCUT2D eigenvalue weighted by Crippen LogP contribution is -2.35. The number of rotatable bonds is 5. The van der Waals surface area contributed by atoms with E-state index >= 15 is 0 Å². The van der Waals surface area contributed by atoms with Crippen LogP contribution in [0, 0.1) is 3.57 Å². The summed E-state index contributed by atoms with van der Waals surface area (Å²) in [5.41, 5.74) is 0.486. The highest BCUT2D eigenvalue weighted by atomic mass is 127. The first-order valence-corrected chi connectivity index (χ1v) is 6.42. The zero-order chi connectivity index (χ0) is 13.7. The lowest BCUT2D eigenvalue weighted by Gasteiger charge is -2.19. The molecular formula is C12H14INO4. The maximum Gasteiger partial charge on any atom is 0.323 e. The molecule has 0 heterocycles. The normalized spacial score (nSPS) is 9.94. The minimum atomic E-state index is -1.02. The number of halogens is 1. The Bertz CT molecular complexity index is 461. The largest absolute Gasteiger partial charge is 0.497 e. The molecule has 1 rings (SSSR count). The molecule has 1 aromatic carbocycles. The van der Waals surface area contributed by atoms with Gasteiger partial charge in [0, 0.05) is 10.1 Å². The van der Waals surface area contributed by atoms with Crippen molar-refractivity contribution in [1.82, 2.24) is 4.90 Å². The van der Waals surface area contributed by atoms with Crippen LogP contribution < -0.4 is 4.74 Å². The molecule has 1 amide bonds. The summed E-state index contributed by atoms with van der Waals surface area (Å²) in [6, 6.07) is 5.07. The number of ether oxygens (including phenoxy) is 1. The van der Waals surface area contributed by atoms with E-state index in [4.69, 9.17) is 9.84 Å². The molecule has 0 aliphatic carbocycles. The number of carboxylic acid groups (broad SMARTS) is 1. The number of carboxylic acids is 1. The van der Waals surface area contributed by atoms with Crippen molar-refractivity contribution < 1.29 is 19.4 Å². The Morgan fingerprint density at radius 2 is 2.11 bits per heavy atom. The van der Waals surface area contributed by atoms with Crippen molar-refractivity contribution >= 4 is 34.5 Å². The molecule has 0 radical (unpaired) electrons. The van der Waals surface area contributed by atoms with Crippen LogP contribution in [0.1, 0.15) is 17.3 Å². The number of methoxy groups -OCH3 is 1. The summed E-state index contributed by atoms with van der Waals surface area (Å²) < 4.78 is 5.79. The highest BCUT2D eigenvalue weighted by molar-refractivity contribution is 14.1. The molecule has 18 heavy (non-hydrogen) atoms. The third-order valence-corrected chi connectivity index (χ3v) is 3.29. The lowest BCUT2D eigenvalue weighted by molar-refractivity contribution is -0.137. The van der Waals surface area contributed by atoms with Crippen molar-refractivity contribution in [3.63, 3.8) is 0 Å². The highest BCUT2D eigenvalue weighted by Gasteiger charge is 2.19. The van der Waals surface area contributed by atoms with Crippen LogP contribution in [0.15, 0.2) is 18.2 Å². The minimum Gasteiger partial charge on any atom is -0.497 e. The molecule has 0 unspecified atom stereocenters. The molecule has 98 valence electrons. The average Bonchev–Trinajstić information content (AvgIpc) is 2.34. The number of aliphatic carboxylic acids is 1. The van der Waals surface area contributed by atoms with Gasteiger partial charge in [-0.25, -0.2) is 0 Å². The summed E-state index contributed by atoms with van der Waals surface area (Å²) in [7, 11) is 1.55. The van der Waals surface area contributed by atoms with E-state index in [0.717, 1.165) is 3.57 Å². The van der Waals surface area contributed by atoms with E-state index in [9.17, 15) is 9.59 Å². The second kappa shape index (κ2) is 6.58. The van der Waals surface area contributed by atoms with Gasteiger partial charge < -0.3 is 14.7 Å². The van der Waals surface area contributed by atoms with Crippen molar-refractivity contribution in [1.29, 1.82) is 0 Å². The molecule has 1 N–H and O–H groups in total. The topological polar surface area (TPSA) is 66.8 Å². The van der Waals surface area contributed by atoms with Crippen LogP contribution in [0.5, 0.6) is 5.75 Å². The Hall–Kier alpha value is -1.31. The summed E-state index contributed by atoms with van der Waals surface area (Å²) in [4.78, 5) is 24.1. The lowest BCUT2D eigenvalue weighted by atomic mass is 10.2. The Labute approximate surface area is 119 Å². The highest BCUT2D eigenvalue weighted by Crippen LogP contribution is 2.20. The first-order valence-electron chi connectivity index (χ1n) is 5.34. The van der Waals surface area contributed by atoms with Gasteiger partial charge in [0.2, 0.25) is 0 Å². The second-order valence-corrected chi connectivity index (χ2v) is 4.72. The minimum absolute atomic E-state index is 0.285. The zero-order valence-electron chi connectivity index (χ0n) is 10.1. The fourth-order valence-electron chi connectivity index (χ4n) is 1.46. The Morgan fingerprint density at radius 3 is 2.56 bits per heavy atom. The van der Waals surface area contributed by atoms with Gasteiger partial charge >= 0.3 is 5.97 Å². The van der Waals surface area contributed by atoms with Gasteiger partial charge in [0.25, 0.3) is 5.91 Å². The van der Waals surface area contributed by atoms with Crippen molar-refractivity contribution in [3.8, 4) is 5.75 Å². The molecule has 0 saturated carbocycles. The summed E-state index contributed by atoms with van der Waals surface area (Å²) in [6.45, 7) is 1.81. The Kier molecular flexibility index (Phi) is 5.39. The summed E-state index contributed by atoms with van der Waals surface area (Å²) in [6.07, 6.45) is 0. The first kappa shape index (κ1) is 14.7. The maximum absolute atomic E-state index is 12.1. The molecule has 0 aromatic heterocycles. The van der Waals surface area contributed by atoms with Gasteiger partial charge in [0.15, 0.2) is 0 Å². The smallest absolute Gasteiger partial charge is 0.323 e. The number of nitrogens with zero attached hydrogens (tertiary/aromatic N) is 1. The average molecular weight is 363 g/mol. The molecular weight excluding hydrogens is 349 g/mol. The van der Waals surface area contributed by atoms with Gasteiger partial charge in [-0.05, 0) is 47.7 Å². The van der Waals surface area contributed by atoms with Crippen LogP contribution in [0.4, 0.5) is 0 Å². The summed E-state index contributed by atoms with van der Waals surface area (Å²) in [5.74, 6) is -0.641. The second-order valence-electron chi connectivity index (χ2n) is 3.56. The number of hydrogen-bond acceptors (Lipinski definition) is 3. The third kappa shape index (κ3) is 3.59. The fourth-order valence-corrected chi connectivity index (χ4v) is 2.17. The van der Waals surface area contributed by atoms with E-state index in [2.05, 4.69) is 0 Å². The van der Waals surface area contributed by atoms with E-state index < -0.39 is 5.97 Å². The number of benzene rings is 1. The number of likely N-dealkylation sites (N-methyl/N-ethyl adjacent to an activating group) is 1. The van der Waals surface area contributed by atoms with Gasteiger partial charge in [-0.15, -0.1) is 0 Å². The monoisotopic (exact) mass is 363 g/mol. The summed E-state index contributed by atoms with van der Waals surface area (Å²) in [5, 5.41) is 8.75. The van der Waals surface area contributed by atoms with Gasteiger partial charge in [-0.2, -0.15) is 0 Å². The SMILES string of the molecule is CCN(CC(=O)O)C(=O)c1ccc(OC)cc1I. The maximum atomic E-state index is 12.1. The summed E-state index contributed by atoms with van der Waals surface area (Å²) >= 11 is 2.03. The van der Waals surface area contributed by atoms with Gasteiger partial charge in [-0.3, -0.25) is 9.59 Å². The van der Waals surface area contributed by atoms with Crippen LogP contribution in [0.2, 0.25) is 0 Å². The molecule has 0 aliphatic rings. The van der Waals surface area contributed by atoms with Gasteiger partial charge in [0.05, 0.1) is 12.7 Å². The van der Waals surface area contributed by atoms with E-state index in [1.54, 1.807) is 32.2 Å². The van der Waals surface area contributed by atoms with E-state index in [1.807, 2.05) is 22.6 Å².